The van der Waals surface area contributed by atoms with Gasteiger partial charge in [0.25, 0.3) is 0 Å². The second-order valence-electron chi connectivity index (χ2n) is 20.3. The van der Waals surface area contributed by atoms with Gasteiger partial charge in [0, 0.05) is 22.7 Å². The van der Waals surface area contributed by atoms with Crippen LogP contribution in [0.5, 0.6) is 0 Å². The number of aliphatic hydroxyl groups is 2. The number of fused-ring (bicyclic) bond motifs is 7. The number of unbranched alkanes of at least 4 members (excludes halogenated alkanes) is 12. The molecule has 0 spiro atoms. The second-order valence-corrected chi connectivity index (χ2v) is 20.3. The number of carbonyl (C=O) groups excluding carboxylic acids is 1. The molecule has 50 heavy (non-hydrogen) atoms. The van der Waals surface area contributed by atoms with Crippen LogP contribution < -0.4 is 0 Å². The van der Waals surface area contributed by atoms with Crippen molar-refractivity contribution in [1.82, 2.24) is 0 Å². The molecule has 0 saturated heterocycles. The maximum atomic E-state index is 13.2. The summed E-state index contributed by atoms with van der Waals surface area (Å²) in [6.45, 7) is 23.3. The summed E-state index contributed by atoms with van der Waals surface area (Å²) in [6, 6.07) is 0. The number of aliphatic hydroxyl groups excluding tert-OH is 2. The summed E-state index contributed by atoms with van der Waals surface area (Å²) < 4.78 is 6.35. The minimum atomic E-state index is -0.485. The Bertz CT molecular complexity index is 1160. The van der Waals surface area contributed by atoms with Crippen LogP contribution >= 0.6 is 0 Å². The normalized spacial score (nSPS) is 43.3. The molecule has 5 saturated carbocycles. The van der Waals surface area contributed by atoms with E-state index in [1.165, 1.54) is 89.0 Å². The number of ether oxygens (including phenoxy) is 1. The van der Waals surface area contributed by atoms with Crippen molar-refractivity contribution in [2.45, 2.75) is 215 Å². The van der Waals surface area contributed by atoms with Crippen LogP contribution in [0.25, 0.3) is 0 Å². The highest BCUT2D eigenvalue weighted by Gasteiger charge is 2.75. The van der Waals surface area contributed by atoms with E-state index < -0.39 is 12.2 Å². The average Bonchev–Trinajstić information content (AvgIpc) is 3.40. The number of rotatable bonds is 16. The standard InChI is InChI=1S/C46H80O4/c1-10-11-12-13-14-15-16-17-18-19-20-21-22-23-40(49)50-39-27-29-44(7)35-25-24-34-41-33(32(2)3)26-28-43(41,6)31-38(48)45(34,8)46(35,9)37(47)30-36(44)42(39,4)5/h33-39,41,47-48H,2,10-31H2,1,3-9H3. The van der Waals surface area contributed by atoms with Crippen molar-refractivity contribution < 1.29 is 19.7 Å². The molecular formula is C46H80O4. The molecule has 12 unspecified atom stereocenters. The molecule has 0 bridgehead atoms. The Morgan fingerprint density at radius 2 is 1.30 bits per heavy atom. The number of esters is 1. The summed E-state index contributed by atoms with van der Waals surface area (Å²) in [4.78, 5) is 13.2. The Morgan fingerprint density at radius 3 is 1.88 bits per heavy atom. The van der Waals surface area contributed by atoms with Crippen LogP contribution in [0.4, 0.5) is 0 Å². The van der Waals surface area contributed by atoms with Gasteiger partial charge in [-0.2, -0.15) is 0 Å². The molecule has 0 radical (unpaired) electrons. The lowest BCUT2D eigenvalue weighted by Gasteiger charge is -2.74. The van der Waals surface area contributed by atoms with Crippen LogP contribution in [0.3, 0.4) is 0 Å². The second kappa shape index (κ2) is 15.8. The molecule has 0 amide bonds. The highest BCUT2D eigenvalue weighted by atomic mass is 16.5. The smallest absolute Gasteiger partial charge is 0.306 e. The fourth-order valence-electron chi connectivity index (χ4n) is 14.2. The molecule has 5 aliphatic carbocycles. The highest BCUT2D eigenvalue weighted by Crippen LogP contribution is 2.77. The van der Waals surface area contributed by atoms with Crippen molar-refractivity contribution in [3.8, 4) is 0 Å². The van der Waals surface area contributed by atoms with E-state index in [9.17, 15) is 15.0 Å². The fraction of sp³-hybridized carbons (Fsp3) is 0.935. The molecule has 5 fully saturated rings. The molecular weight excluding hydrogens is 617 g/mol. The summed E-state index contributed by atoms with van der Waals surface area (Å²) in [7, 11) is 0. The van der Waals surface area contributed by atoms with Gasteiger partial charge in [0.2, 0.25) is 0 Å². The van der Waals surface area contributed by atoms with Crippen molar-refractivity contribution in [3.63, 3.8) is 0 Å². The quantitative estimate of drug-likeness (QED) is 0.0957. The molecule has 4 nitrogen and oxygen atoms in total. The Labute approximate surface area is 308 Å². The molecule has 0 aromatic rings. The summed E-state index contributed by atoms with van der Waals surface area (Å²) in [5, 5.41) is 24.7. The van der Waals surface area contributed by atoms with E-state index in [0.717, 1.165) is 51.4 Å². The maximum Gasteiger partial charge on any atom is 0.306 e. The van der Waals surface area contributed by atoms with E-state index in [1.807, 2.05) is 0 Å². The predicted molar refractivity (Wildman–Crippen MR) is 208 cm³/mol. The van der Waals surface area contributed by atoms with Gasteiger partial charge in [0.05, 0.1) is 12.2 Å². The summed E-state index contributed by atoms with van der Waals surface area (Å²) in [5.41, 5.74) is 0.584. The Balaban J connectivity index is 1.16. The van der Waals surface area contributed by atoms with E-state index in [0.29, 0.717) is 30.1 Å². The van der Waals surface area contributed by atoms with Gasteiger partial charge in [0.1, 0.15) is 6.10 Å². The van der Waals surface area contributed by atoms with Gasteiger partial charge in [-0.25, -0.2) is 0 Å². The van der Waals surface area contributed by atoms with Crippen molar-refractivity contribution in [3.05, 3.63) is 12.2 Å². The summed E-state index contributed by atoms with van der Waals surface area (Å²) in [6.07, 6.45) is 24.6. The van der Waals surface area contributed by atoms with Crippen molar-refractivity contribution in [2.24, 2.45) is 56.7 Å². The first kappa shape index (κ1) is 40.3. The third-order valence-electron chi connectivity index (χ3n) is 17.3. The zero-order valence-electron chi connectivity index (χ0n) is 34.1. The fourth-order valence-corrected chi connectivity index (χ4v) is 14.2. The number of carbonyl (C=O) groups is 1. The molecule has 5 aliphatic rings. The molecule has 4 heteroatoms. The van der Waals surface area contributed by atoms with Crippen LogP contribution in [-0.4, -0.2) is 34.5 Å². The van der Waals surface area contributed by atoms with Gasteiger partial charge in [-0.05, 0) is 105 Å². The first-order chi connectivity index (χ1) is 23.6. The SMILES string of the molecule is C=C(C)C1CCC2(C)CC(O)C3(C)C(CCC4C5(C)CCC(OC(=O)CCCCCCCCCCCCCCC)C(C)(C)C5CC(O)C43C)C12. The van der Waals surface area contributed by atoms with Gasteiger partial charge in [-0.1, -0.05) is 138 Å². The van der Waals surface area contributed by atoms with E-state index in [-0.39, 0.29) is 45.1 Å². The Morgan fingerprint density at radius 1 is 0.720 bits per heavy atom. The minimum Gasteiger partial charge on any atom is -0.462 e. The molecule has 0 aromatic heterocycles. The maximum absolute atomic E-state index is 13.2. The lowest BCUT2D eigenvalue weighted by Crippen LogP contribution is -2.73. The van der Waals surface area contributed by atoms with Gasteiger partial charge in [0.15, 0.2) is 0 Å². The number of allylic oxidation sites excluding steroid dienone is 1. The first-order valence-corrected chi connectivity index (χ1v) is 21.8. The van der Waals surface area contributed by atoms with Crippen molar-refractivity contribution >= 4 is 5.97 Å². The van der Waals surface area contributed by atoms with Gasteiger partial charge < -0.3 is 14.9 Å². The molecule has 0 aliphatic heterocycles. The van der Waals surface area contributed by atoms with E-state index in [1.54, 1.807) is 0 Å². The van der Waals surface area contributed by atoms with Crippen molar-refractivity contribution in [2.75, 3.05) is 0 Å². The van der Waals surface area contributed by atoms with Crippen LogP contribution in [0.2, 0.25) is 0 Å². The summed E-state index contributed by atoms with van der Waals surface area (Å²) >= 11 is 0. The van der Waals surface area contributed by atoms with Crippen LogP contribution in [0.1, 0.15) is 197 Å². The molecule has 12 atom stereocenters. The largest absolute Gasteiger partial charge is 0.462 e. The monoisotopic (exact) mass is 697 g/mol. The van der Waals surface area contributed by atoms with Crippen LogP contribution in [-0.2, 0) is 9.53 Å². The van der Waals surface area contributed by atoms with E-state index in [2.05, 4.69) is 62.0 Å². The predicted octanol–water partition coefficient (Wildman–Crippen LogP) is 12.0. The molecule has 2 N–H and O–H groups in total. The topological polar surface area (TPSA) is 66.8 Å². The molecule has 0 heterocycles. The molecule has 5 rings (SSSR count). The van der Waals surface area contributed by atoms with Crippen molar-refractivity contribution in [1.29, 1.82) is 0 Å². The molecule has 0 aromatic carbocycles. The van der Waals surface area contributed by atoms with E-state index >= 15 is 0 Å². The lowest BCUT2D eigenvalue weighted by molar-refractivity contribution is -0.306. The Hall–Kier alpha value is -0.870. The van der Waals surface area contributed by atoms with Crippen LogP contribution in [0, 0.1) is 56.7 Å². The minimum absolute atomic E-state index is 0.0269. The van der Waals surface area contributed by atoms with E-state index in [4.69, 9.17) is 4.74 Å². The van der Waals surface area contributed by atoms with Gasteiger partial charge >= 0.3 is 5.97 Å². The number of hydrogen-bond acceptors (Lipinski definition) is 4. The Kier molecular flexibility index (Phi) is 12.8. The lowest BCUT2D eigenvalue weighted by atomic mass is 9.31. The molecule has 288 valence electrons. The third-order valence-corrected chi connectivity index (χ3v) is 17.3. The zero-order chi connectivity index (χ0) is 36.5. The first-order valence-electron chi connectivity index (χ1n) is 21.8. The summed E-state index contributed by atoms with van der Waals surface area (Å²) in [5.74, 6) is 2.02. The van der Waals surface area contributed by atoms with Gasteiger partial charge in [-0.3, -0.25) is 4.79 Å². The van der Waals surface area contributed by atoms with Gasteiger partial charge in [-0.15, -0.1) is 0 Å². The zero-order valence-corrected chi connectivity index (χ0v) is 34.1. The van der Waals surface area contributed by atoms with Crippen LogP contribution in [0.15, 0.2) is 12.2 Å². The third kappa shape index (κ3) is 7.07. The average molecular weight is 697 g/mol. The number of hydrogen-bond donors (Lipinski definition) is 2. The highest BCUT2D eigenvalue weighted by molar-refractivity contribution is 5.69.